The molecule has 0 fully saturated rings. The molecule has 3 rings (SSSR count). The molecule has 3 aromatic rings. The number of fused-ring (bicyclic) bond motifs is 1. The molecule has 0 amide bonds. The molecule has 6 nitrogen and oxygen atoms in total. The highest BCUT2D eigenvalue weighted by molar-refractivity contribution is 7.93. The van der Waals surface area contributed by atoms with E-state index in [-0.39, 0.29) is 22.2 Å². The van der Waals surface area contributed by atoms with Crippen LogP contribution in [0.2, 0.25) is 0 Å². The fourth-order valence-electron chi connectivity index (χ4n) is 2.49. The Morgan fingerprint density at radius 1 is 1.00 bits per heavy atom. The number of aryl methyl sites for hydroxylation is 2. The molecular weight excluding hydrogens is 328 g/mol. The van der Waals surface area contributed by atoms with Crippen LogP contribution in [0.3, 0.4) is 0 Å². The molecule has 0 saturated carbocycles. The Hall–Kier alpha value is -2.80. The number of anilines is 1. The van der Waals surface area contributed by atoms with E-state index in [0.717, 1.165) is 0 Å². The molecule has 0 radical (unpaired) electrons. The van der Waals surface area contributed by atoms with E-state index in [1.165, 1.54) is 12.1 Å². The van der Waals surface area contributed by atoms with E-state index in [4.69, 9.17) is 0 Å². The monoisotopic (exact) mass is 344 g/mol. The van der Waals surface area contributed by atoms with Gasteiger partial charge in [0.2, 0.25) is 0 Å². The summed E-state index contributed by atoms with van der Waals surface area (Å²) in [6, 6.07) is 11.0. The van der Waals surface area contributed by atoms with E-state index < -0.39 is 10.0 Å². The lowest BCUT2D eigenvalue weighted by Crippen LogP contribution is -2.15. The van der Waals surface area contributed by atoms with E-state index in [9.17, 15) is 18.6 Å². The van der Waals surface area contributed by atoms with Crippen LogP contribution in [0.1, 0.15) is 11.3 Å². The average Bonchev–Trinajstić information content (AvgIpc) is 2.54. The van der Waals surface area contributed by atoms with Gasteiger partial charge in [-0.3, -0.25) is 4.72 Å². The van der Waals surface area contributed by atoms with Crippen LogP contribution >= 0.6 is 0 Å². The zero-order valence-corrected chi connectivity index (χ0v) is 13.9. The number of pyridine rings is 1. The van der Waals surface area contributed by atoms with Crippen molar-refractivity contribution in [3.8, 4) is 11.5 Å². The SMILES string of the molecule is Cc1ccc(O)c(NS(=O)(=O)c2cc(C)c(O)c3ccccc23)n1. The topological polar surface area (TPSA) is 99.5 Å². The van der Waals surface area contributed by atoms with Crippen molar-refractivity contribution >= 4 is 26.6 Å². The maximum atomic E-state index is 12.8. The summed E-state index contributed by atoms with van der Waals surface area (Å²) in [6.07, 6.45) is 0. The molecule has 0 saturated heterocycles. The Labute approximate surface area is 139 Å². The summed E-state index contributed by atoms with van der Waals surface area (Å²) < 4.78 is 27.9. The van der Waals surface area contributed by atoms with Gasteiger partial charge >= 0.3 is 0 Å². The number of hydrogen-bond donors (Lipinski definition) is 3. The summed E-state index contributed by atoms with van der Waals surface area (Å²) in [7, 11) is -4.00. The molecule has 0 bridgehead atoms. The first kappa shape index (κ1) is 16.1. The Morgan fingerprint density at radius 2 is 1.67 bits per heavy atom. The summed E-state index contributed by atoms with van der Waals surface area (Å²) in [5.41, 5.74) is 1.01. The number of phenols is 1. The quantitative estimate of drug-likeness (QED) is 0.678. The third kappa shape index (κ3) is 2.74. The molecule has 3 N–H and O–H groups in total. The standard InChI is InChI=1S/C17H16N2O4S/c1-10-9-15(12-5-3-4-6-13(12)16(10)21)24(22,23)19-17-14(20)8-7-11(2)18-17/h3-9,20-21H,1-2H3,(H,18,19). The van der Waals surface area contributed by atoms with Crippen LogP contribution in [0, 0.1) is 13.8 Å². The lowest BCUT2D eigenvalue weighted by molar-refractivity contribution is 0.475. The van der Waals surface area contributed by atoms with Gasteiger partial charge in [0.1, 0.15) is 5.75 Å². The molecule has 24 heavy (non-hydrogen) atoms. The molecule has 0 unspecified atom stereocenters. The van der Waals surface area contributed by atoms with Crippen LogP contribution in [0.15, 0.2) is 47.4 Å². The lowest BCUT2D eigenvalue weighted by atomic mass is 10.1. The van der Waals surface area contributed by atoms with E-state index in [1.54, 1.807) is 44.2 Å². The van der Waals surface area contributed by atoms with Crippen LogP contribution in [0.4, 0.5) is 5.82 Å². The largest absolute Gasteiger partial charge is 0.507 e. The highest BCUT2D eigenvalue weighted by atomic mass is 32.2. The maximum Gasteiger partial charge on any atom is 0.263 e. The minimum atomic E-state index is -4.00. The molecule has 2 aromatic carbocycles. The second kappa shape index (κ2) is 5.68. The number of aromatic hydroxyl groups is 2. The molecule has 0 atom stereocenters. The molecular formula is C17H16N2O4S. The molecule has 0 aliphatic heterocycles. The van der Waals surface area contributed by atoms with Crippen molar-refractivity contribution in [1.82, 2.24) is 4.98 Å². The highest BCUT2D eigenvalue weighted by Crippen LogP contribution is 2.34. The Balaban J connectivity index is 2.19. The second-order valence-electron chi connectivity index (χ2n) is 5.51. The number of hydrogen-bond acceptors (Lipinski definition) is 5. The third-order valence-electron chi connectivity index (χ3n) is 3.70. The molecule has 0 aliphatic carbocycles. The normalized spacial score (nSPS) is 11.6. The first-order valence-corrected chi connectivity index (χ1v) is 8.68. The smallest absolute Gasteiger partial charge is 0.263 e. The highest BCUT2D eigenvalue weighted by Gasteiger charge is 2.22. The van der Waals surface area contributed by atoms with Crippen molar-refractivity contribution in [2.75, 3.05) is 4.72 Å². The molecule has 1 aromatic heterocycles. The Kier molecular flexibility index (Phi) is 3.81. The van der Waals surface area contributed by atoms with Crippen molar-refractivity contribution in [2.24, 2.45) is 0 Å². The summed E-state index contributed by atoms with van der Waals surface area (Å²) in [6.45, 7) is 3.32. The van der Waals surface area contributed by atoms with E-state index in [1.807, 2.05) is 0 Å². The van der Waals surface area contributed by atoms with Gasteiger partial charge < -0.3 is 10.2 Å². The van der Waals surface area contributed by atoms with Gasteiger partial charge in [0.25, 0.3) is 10.0 Å². The molecule has 0 aliphatic rings. The number of aromatic nitrogens is 1. The number of sulfonamides is 1. The van der Waals surface area contributed by atoms with Gasteiger partial charge in [-0.15, -0.1) is 0 Å². The van der Waals surface area contributed by atoms with Gasteiger partial charge in [-0.2, -0.15) is 0 Å². The van der Waals surface area contributed by atoms with Gasteiger partial charge in [0.05, 0.1) is 4.90 Å². The molecule has 124 valence electrons. The molecule has 1 heterocycles. The summed E-state index contributed by atoms with van der Waals surface area (Å²) in [4.78, 5) is 4.02. The predicted molar refractivity (Wildman–Crippen MR) is 91.8 cm³/mol. The van der Waals surface area contributed by atoms with Gasteiger partial charge in [-0.05, 0) is 37.6 Å². The minimum Gasteiger partial charge on any atom is -0.507 e. The van der Waals surface area contributed by atoms with Gasteiger partial charge in [0, 0.05) is 16.5 Å². The lowest BCUT2D eigenvalue weighted by Gasteiger charge is -2.13. The van der Waals surface area contributed by atoms with E-state index in [0.29, 0.717) is 22.0 Å². The molecule has 0 spiro atoms. The maximum absolute atomic E-state index is 12.8. The average molecular weight is 344 g/mol. The van der Waals surface area contributed by atoms with Gasteiger partial charge in [-0.25, -0.2) is 13.4 Å². The first-order valence-electron chi connectivity index (χ1n) is 7.20. The number of benzene rings is 2. The number of rotatable bonds is 3. The van der Waals surface area contributed by atoms with E-state index in [2.05, 4.69) is 9.71 Å². The number of nitrogens with one attached hydrogen (secondary N) is 1. The van der Waals surface area contributed by atoms with Crippen LogP contribution in [-0.4, -0.2) is 23.6 Å². The second-order valence-corrected chi connectivity index (χ2v) is 7.16. The van der Waals surface area contributed by atoms with Gasteiger partial charge in [-0.1, -0.05) is 24.3 Å². The summed E-state index contributed by atoms with van der Waals surface area (Å²) in [5, 5.41) is 20.8. The predicted octanol–water partition coefficient (Wildman–Crippen LogP) is 3.06. The van der Waals surface area contributed by atoms with Crippen molar-refractivity contribution in [2.45, 2.75) is 18.7 Å². The van der Waals surface area contributed by atoms with Crippen molar-refractivity contribution in [1.29, 1.82) is 0 Å². The summed E-state index contributed by atoms with van der Waals surface area (Å²) >= 11 is 0. The third-order valence-corrected chi connectivity index (χ3v) is 5.08. The van der Waals surface area contributed by atoms with Crippen molar-refractivity contribution < 1.29 is 18.6 Å². The van der Waals surface area contributed by atoms with E-state index >= 15 is 0 Å². The first-order chi connectivity index (χ1) is 11.3. The fraction of sp³-hybridized carbons (Fsp3) is 0.118. The fourth-order valence-corrected chi connectivity index (χ4v) is 3.80. The van der Waals surface area contributed by atoms with Crippen LogP contribution in [-0.2, 0) is 10.0 Å². The minimum absolute atomic E-state index is 0.0103. The van der Waals surface area contributed by atoms with Gasteiger partial charge in [0.15, 0.2) is 11.6 Å². The summed E-state index contributed by atoms with van der Waals surface area (Å²) in [5.74, 6) is -0.352. The van der Waals surface area contributed by atoms with Crippen LogP contribution < -0.4 is 4.72 Å². The zero-order chi connectivity index (χ0) is 17.5. The zero-order valence-electron chi connectivity index (χ0n) is 13.1. The molecule has 7 heteroatoms. The van der Waals surface area contributed by atoms with Crippen molar-refractivity contribution in [3.05, 3.63) is 53.7 Å². The van der Waals surface area contributed by atoms with Crippen molar-refractivity contribution in [3.63, 3.8) is 0 Å². The Bertz CT molecular complexity index is 1050. The van der Waals surface area contributed by atoms with Crippen LogP contribution in [0.25, 0.3) is 10.8 Å². The number of nitrogens with zero attached hydrogens (tertiary/aromatic N) is 1. The number of phenolic OH excluding ortho intramolecular Hbond substituents is 1. The Morgan fingerprint density at radius 3 is 2.38 bits per heavy atom. The van der Waals surface area contributed by atoms with Crippen LogP contribution in [0.5, 0.6) is 11.5 Å².